The second-order valence-corrected chi connectivity index (χ2v) is 3.95. The molecule has 1 heterocycles. The molecule has 0 fully saturated rings. The summed E-state index contributed by atoms with van der Waals surface area (Å²) in [5.41, 5.74) is 0.593. The molecule has 0 aliphatic carbocycles. The Hall–Kier alpha value is -1.63. The van der Waals surface area contributed by atoms with Crippen molar-refractivity contribution >= 4 is 11.5 Å². The van der Waals surface area contributed by atoms with Crippen molar-refractivity contribution in [1.29, 1.82) is 0 Å². The van der Waals surface area contributed by atoms with Crippen LogP contribution in [0.5, 0.6) is 0 Å². The molecule has 1 aromatic rings. The highest BCUT2D eigenvalue weighted by Crippen LogP contribution is 2.28. The van der Waals surface area contributed by atoms with Crippen molar-refractivity contribution in [2.75, 3.05) is 18.9 Å². The van der Waals surface area contributed by atoms with Gasteiger partial charge in [-0.2, -0.15) is 5.10 Å². The van der Waals surface area contributed by atoms with Crippen LogP contribution >= 0.6 is 0 Å². The van der Waals surface area contributed by atoms with Crippen molar-refractivity contribution in [3.05, 3.63) is 15.8 Å². The Labute approximate surface area is 100 Å². The minimum absolute atomic E-state index is 0.0818. The van der Waals surface area contributed by atoms with Gasteiger partial charge in [-0.05, 0) is 20.4 Å². The molecule has 1 atom stereocenters. The van der Waals surface area contributed by atoms with Gasteiger partial charge in [0.25, 0.3) is 0 Å². The van der Waals surface area contributed by atoms with E-state index in [0.717, 1.165) is 0 Å². The van der Waals surface area contributed by atoms with Crippen LogP contribution in [0.2, 0.25) is 0 Å². The first-order valence-electron chi connectivity index (χ1n) is 5.62. The first-order valence-corrected chi connectivity index (χ1v) is 5.62. The number of rotatable bonds is 6. The fourth-order valence-electron chi connectivity index (χ4n) is 1.55. The summed E-state index contributed by atoms with van der Waals surface area (Å²) < 4.78 is 1.53. The maximum absolute atomic E-state index is 11.0. The first-order chi connectivity index (χ1) is 8.01. The van der Waals surface area contributed by atoms with Crippen LogP contribution in [0.1, 0.15) is 19.5 Å². The van der Waals surface area contributed by atoms with Crippen molar-refractivity contribution in [3.63, 3.8) is 0 Å². The van der Waals surface area contributed by atoms with E-state index in [4.69, 9.17) is 0 Å². The zero-order chi connectivity index (χ0) is 13.0. The van der Waals surface area contributed by atoms with E-state index in [-0.39, 0.29) is 16.7 Å². The van der Waals surface area contributed by atoms with Gasteiger partial charge in [0.2, 0.25) is 5.82 Å². The number of nitro groups is 1. The van der Waals surface area contributed by atoms with E-state index >= 15 is 0 Å². The number of nitrogens with zero attached hydrogens (tertiary/aromatic N) is 3. The summed E-state index contributed by atoms with van der Waals surface area (Å²) in [4.78, 5) is 10.6. The van der Waals surface area contributed by atoms with Crippen molar-refractivity contribution < 1.29 is 4.92 Å². The summed E-state index contributed by atoms with van der Waals surface area (Å²) in [5, 5.41) is 21.3. The molecular formula is C10H19N5O2. The third-order valence-corrected chi connectivity index (χ3v) is 2.68. The fourth-order valence-corrected chi connectivity index (χ4v) is 1.55. The Balaban J connectivity index is 2.97. The zero-order valence-corrected chi connectivity index (χ0v) is 10.6. The van der Waals surface area contributed by atoms with Crippen molar-refractivity contribution in [2.24, 2.45) is 7.05 Å². The lowest BCUT2D eigenvalue weighted by molar-refractivity contribution is -0.384. The summed E-state index contributed by atoms with van der Waals surface area (Å²) in [6.45, 7) is 4.46. The molecule has 2 N–H and O–H groups in total. The number of nitrogens with one attached hydrogen (secondary N) is 2. The first kappa shape index (κ1) is 13.4. The Morgan fingerprint density at radius 3 is 2.71 bits per heavy atom. The molecule has 0 aliphatic rings. The summed E-state index contributed by atoms with van der Waals surface area (Å²) in [6, 6.07) is 0.231. The van der Waals surface area contributed by atoms with Gasteiger partial charge in [0.15, 0.2) is 0 Å². The highest BCUT2D eigenvalue weighted by molar-refractivity contribution is 5.59. The van der Waals surface area contributed by atoms with Gasteiger partial charge in [0, 0.05) is 19.6 Å². The SMILES string of the molecule is CCc1nn(C)c(NCC(C)NC)c1[N+](=O)[O-]. The second-order valence-electron chi connectivity index (χ2n) is 3.95. The molecule has 7 nitrogen and oxygen atoms in total. The molecule has 17 heavy (non-hydrogen) atoms. The van der Waals surface area contributed by atoms with Gasteiger partial charge in [-0.1, -0.05) is 6.92 Å². The lowest BCUT2D eigenvalue weighted by Crippen LogP contribution is -2.30. The number of likely N-dealkylation sites (N-methyl/N-ethyl adjacent to an activating group) is 1. The highest BCUT2D eigenvalue weighted by atomic mass is 16.6. The van der Waals surface area contributed by atoms with E-state index in [1.165, 1.54) is 4.68 Å². The van der Waals surface area contributed by atoms with Gasteiger partial charge in [-0.15, -0.1) is 0 Å². The van der Waals surface area contributed by atoms with E-state index in [1.807, 2.05) is 20.9 Å². The van der Waals surface area contributed by atoms with Crippen LogP contribution in [0.3, 0.4) is 0 Å². The molecule has 1 rings (SSSR count). The molecule has 0 radical (unpaired) electrons. The minimum Gasteiger partial charge on any atom is -0.363 e. The monoisotopic (exact) mass is 241 g/mol. The molecule has 1 aromatic heterocycles. The molecule has 96 valence electrons. The summed E-state index contributed by atoms with van der Waals surface area (Å²) in [7, 11) is 3.56. The molecule has 0 aromatic carbocycles. The molecule has 0 aliphatic heterocycles. The average Bonchev–Trinajstić information content (AvgIpc) is 2.62. The number of hydrogen-bond donors (Lipinski definition) is 2. The van der Waals surface area contributed by atoms with Crippen LogP contribution in [0.15, 0.2) is 0 Å². The highest BCUT2D eigenvalue weighted by Gasteiger charge is 2.25. The van der Waals surface area contributed by atoms with E-state index in [0.29, 0.717) is 24.5 Å². The maximum Gasteiger partial charge on any atom is 0.333 e. The third-order valence-electron chi connectivity index (χ3n) is 2.68. The quantitative estimate of drug-likeness (QED) is 0.571. The third kappa shape index (κ3) is 2.94. The van der Waals surface area contributed by atoms with Crippen LogP contribution in [0.4, 0.5) is 11.5 Å². The standard InChI is InChI=1S/C10H19N5O2/c1-5-8-9(15(16)17)10(14(4)13-8)12-6-7(2)11-3/h7,11-12H,5-6H2,1-4H3. The van der Waals surface area contributed by atoms with Gasteiger partial charge in [0.1, 0.15) is 5.69 Å². The summed E-state index contributed by atoms with van der Waals surface area (Å²) >= 11 is 0. The summed E-state index contributed by atoms with van der Waals surface area (Å²) in [5.74, 6) is 0.467. The zero-order valence-electron chi connectivity index (χ0n) is 10.6. The predicted octanol–water partition coefficient (Wildman–Crippen LogP) is 0.911. The maximum atomic E-state index is 11.0. The molecule has 1 unspecified atom stereocenters. The lowest BCUT2D eigenvalue weighted by atomic mass is 10.3. The van der Waals surface area contributed by atoms with Crippen LogP contribution < -0.4 is 10.6 Å². The molecule has 0 saturated carbocycles. The molecule has 7 heteroatoms. The van der Waals surface area contributed by atoms with Crippen molar-refractivity contribution in [1.82, 2.24) is 15.1 Å². The Morgan fingerprint density at radius 2 is 2.24 bits per heavy atom. The van der Waals surface area contributed by atoms with E-state index in [9.17, 15) is 10.1 Å². The van der Waals surface area contributed by atoms with Crippen molar-refractivity contribution in [3.8, 4) is 0 Å². The van der Waals surface area contributed by atoms with Gasteiger partial charge in [-0.25, -0.2) is 4.68 Å². The van der Waals surface area contributed by atoms with Gasteiger partial charge < -0.3 is 10.6 Å². The Kier molecular flexibility index (Phi) is 4.45. The minimum atomic E-state index is -0.377. The predicted molar refractivity (Wildman–Crippen MR) is 66.3 cm³/mol. The number of aryl methyl sites for hydroxylation is 2. The normalized spacial score (nSPS) is 12.5. The lowest BCUT2D eigenvalue weighted by Gasteiger charge is -2.11. The van der Waals surface area contributed by atoms with E-state index in [1.54, 1.807) is 7.05 Å². The average molecular weight is 241 g/mol. The van der Waals surface area contributed by atoms with Gasteiger partial charge in [-0.3, -0.25) is 10.1 Å². The van der Waals surface area contributed by atoms with Crippen molar-refractivity contribution in [2.45, 2.75) is 26.3 Å². The van der Waals surface area contributed by atoms with Gasteiger partial charge in [0.05, 0.1) is 4.92 Å². The molecule has 0 amide bonds. The largest absolute Gasteiger partial charge is 0.363 e. The number of hydrogen-bond acceptors (Lipinski definition) is 5. The molecule has 0 spiro atoms. The molecule has 0 saturated heterocycles. The van der Waals surface area contributed by atoms with Crippen LogP contribution in [-0.2, 0) is 13.5 Å². The summed E-state index contributed by atoms with van der Waals surface area (Å²) in [6.07, 6.45) is 0.549. The van der Waals surface area contributed by atoms with Crippen LogP contribution in [-0.4, -0.2) is 34.3 Å². The van der Waals surface area contributed by atoms with E-state index in [2.05, 4.69) is 15.7 Å². The molecular weight excluding hydrogens is 222 g/mol. The Bertz CT molecular complexity index is 402. The Morgan fingerprint density at radius 1 is 1.59 bits per heavy atom. The number of anilines is 1. The fraction of sp³-hybridized carbons (Fsp3) is 0.700. The van der Waals surface area contributed by atoms with Crippen LogP contribution in [0.25, 0.3) is 0 Å². The van der Waals surface area contributed by atoms with Gasteiger partial charge >= 0.3 is 5.69 Å². The van der Waals surface area contributed by atoms with E-state index < -0.39 is 0 Å². The molecule has 0 bridgehead atoms. The number of aromatic nitrogens is 2. The topological polar surface area (TPSA) is 85.0 Å². The smallest absolute Gasteiger partial charge is 0.333 e. The second kappa shape index (κ2) is 5.62. The van der Waals surface area contributed by atoms with Crippen LogP contribution in [0, 0.1) is 10.1 Å².